The van der Waals surface area contributed by atoms with Crippen LogP contribution in [0.5, 0.6) is 5.75 Å². The van der Waals surface area contributed by atoms with E-state index in [1.165, 1.54) is 0 Å². The van der Waals surface area contributed by atoms with E-state index >= 15 is 0 Å². The molecule has 0 bridgehead atoms. The topological polar surface area (TPSA) is 69.8 Å². The minimum Gasteiger partial charge on any atom is -0.506 e. The zero-order chi connectivity index (χ0) is 15.2. The van der Waals surface area contributed by atoms with Gasteiger partial charge in [0.25, 0.3) is 0 Å². The van der Waals surface area contributed by atoms with E-state index in [4.69, 9.17) is 5.73 Å². The highest BCUT2D eigenvalue weighted by Crippen LogP contribution is 2.27. The molecule has 0 spiro atoms. The lowest BCUT2D eigenvalue weighted by Crippen LogP contribution is -2.54. The van der Waals surface area contributed by atoms with E-state index in [1.54, 1.807) is 6.07 Å². The quantitative estimate of drug-likeness (QED) is 0.834. The average Bonchev–Trinajstić information content (AvgIpc) is 2.49. The van der Waals surface area contributed by atoms with Crippen molar-refractivity contribution in [3.05, 3.63) is 24.3 Å². The van der Waals surface area contributed by atoms with Gasteiger partial charge in [-0.05, 0) is 18.6 Å². The number of phenols is 1. The first-order valence-electron chi connectivity index (χ1n) is 7.69. The lowest BCUT2D eigenvalue weighted by Gasteiger charge is -2.39. The molecule has 1 atom stereocenters. The minimum atomic E-state index is -0.223. The van der Waals surface area contributed by atoms with E-state index in [0.717, 1.165) is 51.1 Å². The van der Waals surface area contributed by atoms with Gasteiger partial charge in [0.2, 0.25) is 5.91 Å². The molecule has 2 rings (SSSR count). The second-order valence-corrected chi connectivity index (χ2v) is 5.57. The number of nitrogens with zero attached hydrogens (tertiary/aromatic N) is 2. The van der Waals surface area contributed by atoms with E-state index in [-0.39, 0.29) is 11.9 Å². The monoisotopic (exact) mass is 291 g/mol. The van der Waals surface area contributed by atoms with Crippen LogP contribution in [0.25, 0.3) is 0 Å². The zero-order valence-electron chi connectivity index (χ0n) is 12.7. The third kappa shape index (κ3) is 3.88. The van der Waals surface area contributed by atoms with Gasteiger partial charge < -0.3 is 15.7 Å². The Balaban J connectivity index is 1.96. The van der Waals surface area contributed by atoms with Crippen LogP contribution in [0, 0.1) is 0 Å². The fraction of sp³-hybridized carbons (Fsp3) is 0.562. The third-order valence-corrected chi connectivity index (χ3v) is 4.14. The number of benzene rings is 1. The SMILES string of the molecule is CCCC[C@@H](C(N)=O)N1CCN(c2ccccc2O)CC1. The van der Waals surface area contributed by atoms with Crippen LogP contribution in [0.3, 0.4) is 0 Å². The molecule has 0 radical (unpaired) electrons. The molecule has 116 valence electrons. The Hall–Kier alpha value is -1.75. The molecule has 1 fully saturated rings. The van der Waals surface area contributed by atoms with Crippen molar-refractivity contribution in [3.8, 4) is 5.75 Å². The number of hydrogen-bond donors (Lipinski definition) is 2. The molecule has 21 heavy (non-hydrogen) atoms. The molecule has 1 aliphatic heterocycles. The highest BCUT2D eigenvalue weighted by molar-refractivity contribution is 5.79. The van der Waals surface area contributed by atoms with E-state index in [1.807, 2.05) is 18.2 Å². The zero-order valence-corrected chi connectivity index (χ0v) is 12.7. The second kappa shape index (κ2) is 7.31. The van der Waals surface area contributed by atoms with Crippen LogP contribution < -0.4 is 10.6 Å². The number of rotatable bonds is 6. The van der Waals surface area contributed by atoms with Crippen molar-refractivity contribution in [2.75, 3.05) is 31.1 Å². The summed E-state index contributed by atoms with van der Waals surface area (Å²) < 4.78 is 0. The molecule has 1 aliphatic rings. The Morgan fingerprint density at radius 1 is 1.29 bits per heavy atom. The highest BCUT2D eigenvalue weighted by Gasteiger charge is 2.27. The minimum absolute atomic E-state index is 0.156. The molecular formula is C16H25N3O2. The summed E-state index contributed by atoms with van der Waals surface area (Å²) in [4.78, 5) is 16.0. The number of piperazine rings is 1. The number of anilines is 1. The smallest absolute Gasteiger partial charge is 0.234 e. The van der Waals surface area contributed by atoms with Crippen molar-refractivity contribution in [1.29, 1.82) is 0 Å². The summed E-state index contributed by atoms with van der Waals surface area (Å²) in [6, 6.07) is 7.22. The first-order chi connectivity index (χ1) is 10.1. The average molecular weight is 291 g/mol. The number of primary amides is 1. The van der Waals surface area contributed by atoms with Gasteiger partial charge in [0.05, 0.1) is 11.7 Å². The number of aromatic hydroxyl groups is 1. The van der Waals surface area contributed by atoms with Crippen LogP contribution in [-0.2, 0) is 4.79 Å². The molecule has 3 N–H and O–H groups in total. The van der Waals surface area contributed by atoms with Gasteiger partial charge in [0, 0.05) is 26.2 Å². The molecule has 0 unspecified atom stereocenters. The predicted molar refractivity (Wildman–Crippen MR) is 84.4 cm³/mol. The summed E-state index contributed by atoms with van der Waals surface area (Å²) in [5.41, 5.74) is 6.41. The predicted octanol–water partition coefficient (Wildman–Crippen LogP) is 1.56. The van der Waals surface area contributed by atoms with E-state index < -0.39 is 0 Å². The van der Waals surface area contributed by atoms with E-state index in [0.29, 0.717) is 5.75 Å². The molecule has 0 aliphatic carbocycles. The van der Waals surface area contributed by atoms with Gasteiger partial charge in [0.1, 0.15) is 5.75 Å². The molecular weight excluding hydrogens is 266 g/mol. The van der Waals surface area contributed by atoms with Crippen LogP contribution in [0.1, 0.15) is 26.2 Å². The first kappa shape index (κ1) is 15.6. The van der Waals surface area contributed by atoms with E-state index in [2.05, 4.69) is 16.7 Å². The largest absolute Gasteiger partial charge is 0.506 e. The molecule has 1 amide bonds. The van der Waals surface area contributed by atoms with Crippen LogP contribution in [0.4, 0.5) is 5.69 Å². The van der Waals surface area contributed by atoms with Crippen molar-refractivity contribution in [1.82, 2.24) is 4.90 Å². The maximum absolute atomic E-state index is 11.6. The van der Waals surface area contributed by atoms with Crippen molar-refractivity contribution in [3.63, 3.8) is 0 Å². The third-order valence-electron chi connectivity index (χ3n) is 4.14. The first-order valence-corrected chi connectivity index (χ1v) is 7.69. The van der Waals surface area contributed by atoms with Crippen LogP contribution >= 0.6 is 0 Å². The van der Waals surface area contributed by atoms with Crippen LogP contribution in [-0.4, -0.2) is 48.1 Å². The maximum atomic E-state index is 11.6. The van der Waals surface area contributed by atoms with Crippen LogP contribution in [0.15, 0.2) is 24.3 Å². The summed E-state index contributed by atoms with van der Waals surface area (Å²) in [6.07, 6.45) is 2.93. The van der Waals surface area contributed by atoms with Gasteiger partial charge >= 0.3 is 0 Å². The fourth-order valence-electron chi connectivity index (χ4n) is 2.91. The lowest BCUT2D eigenvalue weighted by molar-refractivity contribution is -0.123. The molecule has 0 aromatic heterocycles. The number of phenolic OH excluding ortho intramolecular Hbond substituents is 1. The Morgan fingerprint density at radius 3 is 2.52 bits per heavy atom. The number of nitrogens with two attached hydrogens (primary N) is 1. The molecule has 1 saturated heterocycles. The normalized spacial score (nSPS) is 17.7. The van der Waals surface area contributed by atoms with Crippen molar-refractivity contribution < 1.29 is 9.90 Å². The highest BCUT2D eigenvalue weighted by atomic mass is 16.3. The number of hydrogen-bond acceptors (Lipinski definition) is 4. The Kier molecular flexibility index (Phi) is 5.44. The maximum Gasteiger partial charge on any atom is 0.234 e. The van der Waals surface area contributed by atoms with Gasteiger partial charge in [-0.3, -0.25) is 9.69 Å². The lowest BCUT2D eigenvalue weighted by atomic mass is 10.1. The molecule has 1 aromatic rings. The molecule has 1 aromatic carbocycles. The number of carbonyl (C=O) groups excluding carboxylic acids is 1. The van der Waals surface area contributed by atoms with Crippen molar-refractivity contribution in [2.45, 2.75) is 32.2 Å². The Morgan fingerprint density at radius 2 is 1.95 bits per heavy atom. The Bertz CT molecular complexity index is 470. The molecule has 0 saturated carbocycles. The second-order valence-electron chi connectivity index (χ2n) is 5.57. The van der Waals surface area contributed by atoms with Crippen molar-refractivity contribution >= 4 is 11.6 Å². The number of amides is 1. The summed E-state index contributed by atoms with van der Waals surface area (Å²) in [5, 5.41) is 9.91. The number of unbranched alkanes of at least 4 members (excludes halogenated alkanes) is 1. The molecule has 5 heteroatoms. The summed E-state index contributed by atoms with van der Waals surface area (Å²) in [6.45, 7) is 5.31. The standard InChI is InChI=1S/C16H25N3O2/c1-2-3-6-14(16(17)21)19-11-9-18(10-12-19)13-7-4-5-8-15(13)20/h4-5,7-8,14,20H,2-3,6,9-12H2,1H3,(H2,17,21)/t14-/m0/s1. The molecule has 1 heterocycles. The molecule has 5 nitrogen and oxygen atoms in total. The van der Waals surface area contributed by atoms with E-state index in [9.17, 15) is 9.90 Å². The number of carbonyl (C=O) groups is 1. The summed E-state index contributed by atoms with van der Waals surface area (Å²) in [5.74, 6) is 0.0860. The van der Waals surface area contributed by atoms with Gasteiger partial charge in [0.15, 0.2) is 0 Å². The fourth-order valence-corrected chi connectivity index (χ4v) is 2.91. The van der Waals surface area contributed by atoms with Crippen molar-refractivity contribution in [2.24, 2.45) is 5.73 Å². The van der Waals surface area contributed by atoms with Gasteiger partial charge in [-0.1, -0.05) is 31.9 Å². The van der Waals surface area contributed by atoms with Crippen LogP contribution in [0.2, 0.25) is 0 Å². The Labute approximate surface area is 126 Å². The van der Waals surface area contributed by atoms with Gasteiger partial charge in [-0.2, -0.15) is 0 Å². The van der Waals surface area contributed by atoms with Gasteiger partial charge in [-0.25, -0.2) is 0 Å². The number of para-hydroxylation sites is 2. The van der Waals surface area contributed by atoms with Gasteiger partial charge in [-0.15, -0.1) is 0 Å². The summed E-state index contributed by atoms with van der Waals surface area (Å²) in [7, 11) is 0. The summed E-state index contributed by atoms with van der Waals surface area (Å²) >= 11 is 0.